The number of rotatable bonds is 9. The smallest absolute Gasteiger partial charge is 0.119 e. The Morgan fingerprint density at radius 2 is 0.938 bits per heavy atom. The van der Waals surface area contributed by atoms with Crippen molar-refractivity contribution in [3.05, 3.63) is 48.5 Å². The Bertz CT molecular complexity index is 726. The molecule has 2 heterocycles. The van der Waals surface area contributed by atoms with Crippen LogP contribution in [0.15, 0.2) is 48.5 Å². The molecule has 2 aromatic carbocycles. The summed E-state index contributed by atoms with van der Waals surface area (Å²) in [5.74, 6) is 1.86. The van der Waals surface area contributed by atoms with E-state index in [0.717, 1.165) is 76.2 Å². The molecule has 174 valence electrons. The van der Waals surface area contributed by atoms with Gasteiger partial charge in [-0.25, -0.2) is 0 Å². The lowest BCUT2D eigenvalue weighted by atomic mass is 10.1. The minimum atomic E-state index is 0.358. The molecule has 0 aliphatic carbocycles. The third-order valence-corrected chi connectivity index (χ3v) is 6.56. The summed E-state index contributed by atoms with van der Waals surface area (Å²) in [5, 5.41) is 0. The zero-order chi connectivity index (χ0) is 22.2. The first-order valence-electron chi connectivity index (χ1n) is 12.1. The maximum absolute atomic E-state index is 6.00. The summed E-state index contributed by atoms with van der Waals surface area (Å²) < 4.78 is 11.8. The van der Waals surface area contributed by atoms with Gasteiger partial charge >= 0.3 is 0 Å². The molecule has 6 nitrogen and oxygen atoms in total. The van der Waals surface area contributed by atoms with Crippen molar-refractivity contribution in [3.8, 4) is 11.5 Å². The first-order valence-corrected chi connectivity index (χ1v) is 12.1. The summed E-state index contributed by atoms with van der Waals surface area (Å²) in [6.45, 7) is 5.57. The highest BCUT2D eigenvalue weighted by Crippen LogP contribution is 2.24. The molecule has 2 aliphatic heterocycles. The fourth-order valence-electron chi connectivity index (χ4n) is 4.41. The van der Waals surface area contributed by atoms with Crippen LogP contribution in [0, 0.1) is 0 Å². The fourth-order valence-corrected chi connectivity index (χ4v) is 4.41. The Morgan fingerprint density at radius 1 is 0.594 bits per heavy atom. The monoisotopic (exact) mass is 438 g/mol. The van der Waals surface area contributed by atoms with Gasteiger partial charge in [0.25, 0.3) is 0 Å². The first-order chi connectivity index (χ1) is 15.7. The molecule has 2 saturated heterocycles. The third-order valence-electron chi connectivity index (χ3n) is 6.56. The highest BCUT2D eigenvalue weighted by molar-refractivity contribution is 5.50. The van der Waals surface area contributed by atoms with E-state index in [4.69, 9.17) is 20.9 Å². The molecule has 0 aromatic heterocycles. The van der Waals surface area contributed by atoms with E-state index in [-0.39, 0.29) is 0 Å². The second-order valence-corrected chi connectivity index (χ2v) is 9.04. The predicted octanol–water partition coefficient (Wildman–Crippen LogP) is 3.78. The maximum atomic E-state index is 6.00. The van der Waals surface area contributed by atoms with Crippen molar-refractivity contribution in [2.45, 2.75) is 50.6 Å². The topological polar surface area (TPSA) is 77.0 Å². The average Bonchev–Trinajstić information content (AvgIpc) is 2.83. The third kappa shape index (κ3) is 6.53. The number of ether oxygens (including phenoxy) is 2. The lowest BCUT2D eigenvalue weighted by Crippen LogP contribution is -2.39. The molecule has 4 N–H and O–H groups in total. The Labute approximate surface area is 192 Å². The highest BCUT2D eigenvalue weighted by atomic mass is 16.5. The molecular weight excluding hydrogens is 400 g/mol. The van der Waals surface area contributed by atoms with Crippen molar-refractivity contribution < 1.29 is 9.47 Å². The van der Waals surface area contributed by atoms with E-state index >= 15 is 0 Å². The van der Waals surface area contributed by atoms with Crippen molar-refractivity contribution in [3.63, 3.8) is 0 Å². The Kier molecular flexibility index (Phi) is 8.13. The van der Waals surface area contributed by atoms with E-state index < -0.39 is 0 Å². The van der Waals surface area contributed by atoms with Crippen LogP contribution in [0.5, 0.6) is 11.5 Å². The molecule has 0 atom stereocenters. The van der Waals surface area contributed by atoms with Crippen molar-refractivity contribution >= 4 is 11.4 Å². The lowest BCUT2D eigenvalue weighted by Gasteiger charge is -2.32. The molecule has 0 unspecified atom stereocenters. The summed E-state index contributed by atoms with van der Waals surface area (Å²) >= 11 is 0. The first kappa shape index (κ1) is 22.7. The molecule has 4 rings (SSSR count). The summed E-state index contributed by atoms with van der Waals surface area (Å²) in [5.41, 5.74) is 14.5. The van der Waals surface area contributed by atoms with Crippen molar-refractivity contribution in [1.29, 1.82) is 0 Å². The SMILES string of the molecule is NC1CCN(c2ccc(OCCCCOc3ccc(N4CCC(N)CC4)cc3)cc2)CC1. The number of piperidine rings is 2. The summed E-state index contributed by atoms with van der Waals surface area (Å²) in [6, 6.07) is 17.6. The predicted molar refractivity (Wildman–Crippen MR) is 132 cm³/mol. The minimum Gasteiger partial charge on any atom is -0.494 e. The average molecular weight is 439 g/mol. The normalized spacial score (nSPS) is 18.1. The molecule has 6 heteroatoms. The van der Waals surface area contributed by atoms with Crippen LogP contribution in [0.4, 0.5) is 11.4 Å². The van der Waals surface area contributed by atoms with Crippen molar-refractivity contribution in [2.24, 2.45) is 11.5 Å². The van der Waals surface area contributed by atoms with Gasteiger partial charge in [0.05, 0.1) is 13.2 Å². The van der Waals surface area contributed by atoms with Crippen LogP contribution in [0.25, 0.3) is 0 Å². The molecule has 2 aromatic rings. The van der Waals surface area contributed by atoms with Crippen LogP contribution in [0.2, 0.25) is 0 Å². The van der Waals surface area contributed by atoms with Crippen LogP contribution in [0.3, 0.4) is 0 Å². The molecule has 0 saturated carbocycles. The van der Waals surface area contributed by atoms with Gasteiger partial charge in [-0.05, 0) is 87.1 Å². The van der Waals surface area contributed by atoms with E-state index in [9.17, 15) is 0 Å². The zero-order valence-corrected chi connectivity index (χ0v) is 19.1. The summed E-state index contributed by atoms with van der Waals surface area (Å²) in [6.07, 6.45) is 6.21. The number of benzene rings is 2. The van der Waals surface area contributed by atoms with Gasteiger partial charge in [0.2, 0.25) is 0 Å². The molecule has 0 amide bonds. The van der Waals surface area contributed by atoms with Crippen molar-refractivity contribution in [2.75, 3.05) is 49.2 Å². The van der Waals surface area contributed by atoms with E-state index in [1.54, 1.807) is 0 Å². The second kappa shape index (κ2) is 11.4. The van der Waals surface area contributed by atoms with Gasteiger partial charge in [0, 0.05) is 49.6 Å². The van der Waals surface area contributed by atoms with Gasteiger partial charge < -0.3 is 30.7 Å². The molecule has 0 bridgehead atoms. The minimum absolute atomic E-state index is 0.358. The van der Waals surface area contributed by atoms with Crippen LogP contribution in [0.1, 0.15) is 38.5 Å². The second-order valence-electron chi connectivity index (χ2n) is 9.04. The van der Waals surface area contributed by atoms with Crippen molar-refractivity contribution in [1.82, 2.24) is 0 Å². The van der Waals surface area contributed by atoms with E-state index in [1.165, 1.54) is 11.4 Å². The van der Waals surface area contributed by atoms with E-state index in [1.807, 2.05) is 0 Å². The molecule has 0 spiro atoms. The van der Waals surface area contributed by atoms with Gasteiger partial charge in [0.15, 0.2) is 0 Å². The maximum Gasteiger partial charge on any atom is 0.119 e. The number of hydrogen-bond donors (Lipinski definition) is 2. The van der Waals surface area contributed by atoms with E-state index in [2.05, 4.69) is 58.3 Å². The lowest BCUT2D eigenvalue weighted by molar-refractivity contribution is 0.266. The number of hydrogen-bond acceptors (Lipinski definition) is 6. The summed E-state index contributed by atoms with van der Waals surface area (Å²) in [7, 11) is 0. The summed E-state index contributed by atoms with van der Waals surface area (Å²) in [4.78, 5) is 4.80. The molecule has 32 heavy (non-hydrogen) atoms. The van der Waals surface area contributed by atoms with Crippen LogP contribution in [-0.4, -0.2) is 51.5 Å². The zero-order valence-electron chi connectivity index (χ0n) is 19.1. The Morgan fingerprint density at radius 3 is 1.28 bits per heavy atom. The number of anilines is 2. The van der Waals surface area contributed by atoms with Crippen LogP contribution < -0.4 is 30.7 Å². The quantitative estimate of drug-likeness (QED) is 0.580. The molecular formula is C26H38N4O2. The number of nitrogens with two attached hydrogens (primary N) is 2. The van der Waals surface area contributed by atoms with Gasteiger partial charge in [-0.3, -0.25) is 0 Å². The van der Waals surface area contributed by atoms with Gasteiger partial charge in [0.1, 0.15) is 11.5 Å². The Balaban J connectivity index is 1.10. The molecule has 0 radical (unpaired) electrons. The highest BCUT2D eigenvalue weighted by Gasteiger charge is 2.17. The molecule has 2 aliphatic rings. The number of unbranched alkanes of at least 4 members (excludes halogenated alkanes) is 1. The Hall–Kier alpha value is -2.44. The van der Waals surface area contributed by atoms with Gasteiger partial charge in [-0.2, -0.15) is 0 Å². The number of nitrogens with zero attached hydrogens (tertiary/aromatic N) is 2. The van der Waals surface area contributed by atoms with E-state index in [0.29, 0.717) is 25.3 Å². The van der Waals surface area contributed by atoms with Gasteiger partial charge in [-0.15, -0.1) is 0 Å². The molecule has 2 fully saturated rings. The van der Waals surface area contributed by atoms with Crippen LogP contribution in [-0.2, 0) is 0 Å². The van der Waals surface area contributed by atoms with Crippen LogP contribution >= 0.6 is 0 Å². The largest absolute Gasteiger partial charge is 0.494 e. The fraction of sp³-hybridized carbons (Fsp3) is 0.538. The standard InChI is InChI=1S/C26H38N4O2/c27-21-11-15-29(16-12-21)23-3-7-25(8-4-23)31-19-1-2-20-32-26-9-5-24(6-10-26)30-17-13-22(28)14-18-30/h3-10,21-22H,1-2,11-20,27-28H2. The van der Waals surface area contributed by atoms with Gasteiger partial charge in [-0.1, -0.05) is 0 Å².